The lowest BCUT2D eigenvalue weighted by atomic mass is 9.69. The van der Waals surface area contributed by atoms with Crippen LogP contribution in [0, 0.1) is 0 Å². The zero-order valence-electron chi connectivity index (χ0n) is 15.3. The fourth-order valence-corrected chi connectivity index (χ4v) is 4.44. The van der Waals surface area contributed by atoms with Crippen LogP contribution in [0.4, 0.5) is 0 Å². The monoisotopic (exact) mass is 357 g/mol. The first-order chi connectivity index (χ1) is 12.4. The van der Waals surface area contributed by atoms with Gasteiger partial charge in [-0.1, -0.05) is 12.1 Å². The van der Waals surface area contributed by atoms with E-state index in [1.807, 2.05) is 18.2 Å². The molecule has 0 bridgehead atoms. The van der Waals surface area contributed by atoms with E-state index in [0.717, 1.165) is 25.1 Å². The largest absolute Gasteiger partial charge is 0.485 e. The number of nitrogens with zero attached hydrogens (tertiary/aromatic N) is 1. The molecule has 1 unspecified atom stereocenters. The second-order valence-corrected chi connectivity index (χ2v) is 7.40. The van der Waals surface area contributed by atoms with Crippen LogP contribution in [-0.2, 0) is 26.3 Å². The summed E-state index contributed by atoms with van der Waals surface area (Å²) in [6.45, 7) is 4.56. The maximum Gasteiger partial charge on any atom is 0.308 e. The summed E-state index contributed by atoms with van der Waals surface area (Å²) in [4.78, 5) is 25.1. The van der Waals surface area contributed by atoms with E-state index in [9.17, 15) is 9.59 Å². The molecule has 3 aliphatic rings. The summed E-state index contributed by atoms with van der Waals surface area (Å²) in [5, 5.41) is 0. The molecule has 0 saturated heterocycles. The standard InChI is InChI=1S/C20H23NO5/c1-12(22)24-15-6-7-20-8-9-21(3)11-14-4-5-16(25-13(2)23)19(18(14)20)26-17(20)10-15/h4-7,15,17H,8-11H2,1-3H3/t15?,17-,20-/m0/s1. The molecule has 0 N–H and O–H groups in total. The highest BCUT2D eigenvalue weighted by atomic mass is 16.6. The SMILES string of the molecule is CC(=O)Oc1ccc2c3c1O[C@H]1CC(OC(C)=O)C=C[C@@]31CCN(C)C2. The number of ether oxygens (including phenoxy) is 3. The summed E-state index contributed by atoms with van der Waals surface area (Å²) in [6.07, 6.45) is 5.17. The Labute approximate surface area is 152 Å². The highest BCUT2D eigenvalue weighted by Gasteiger charge is 2.53. The molecule has 0 amide bonds. The average molecular weight is 357 g/mol. The van der Waals surface area contributed by atoms with Gasteiger partial charge in [-0.05, 0) is 37.7 Å². The molecule has 6 nitrogen and oxygen atoms in total. The zero-order valence-corrected chi connectivity index (χ0v) is 15.3. The predicted octanol–water partition coefficient (Wildman–Crippen LogP) is 2.34. The van der Waals surface area contributed by atoms with Crippen molar-refractivity contribution in [3.05, 3.63) is 35.4 Å². The van der Waals surface area contributed by atoms with Gasteiger partial charge in [-0.15, -0.1) is 0 Å². The Morgan fingerprint density at radius 2 is 2.08 bits per heavy atom. The van der Waals surface area contributed by atoms with Gasteiger partial charge in [0.2, 0.25) is 0 Å². The third kappa shape index (κ3) is 2.69. The molecule has 2 aliphatic heterocycles. The zero-order chi connectivity index (χ0) is 18.5. The molecule has 138 valence electrons. The van der Waals surface area contributed by atoms with Crippen molar-refractivity contribution >= 4 is 11.9 Å². The fourth-order valence-electron chi connectivity index (χ4n) is 4.44. The number of hydrogen-bond acceptors (Lipinski definition) is 6. The number of carbonyl (C=O) groups excluding carboxylic acids is 2. The average Bonchev–Trinajstić information content (AvgIpc) is 2.82. The molecule has 26 heavy (non-hydrogen) atoms. The van der Waals surface area contributed by atoms with Crippen LogP contribution < -0.4 is 9.47 Å². The van der Waals surface area contributed by atoms with Crippen molar-refractivity contribution in [1.82, 2.24) is 4.90 Å². The molecule has 6 heteroatoms. The molecule has 1 aromatic rings. The number of rotatable bonds is 2. The topological polar surface area (TPSA) is 65.1 Å². The Morgan fingerprint density at radius 1 is 1.27 bits per heavy atom. The molecule has 0 radical (unpaired) electrons. The number of hydrogen-bond donors (Lipinski definition) is 0. The van der Waals surface area contributed by atoms with Gasteiger partial charge in [0.1, 0.15) is 12.2 Å². The van der Waals surface area contributed by atoms with Gasteiger partial charge in [-0.2, -0.15) is 0 Å². The highest BCUT2D eigenvalue weighted by Crippen LogP contribution is 2.55. The van der Waals surface area contributed by atoms with Crippen LogP contribution in [0.25, 0.3) is 0 Å². The molecule has 1 aromatic carbocycles. The summed E-state index contributed by atoms with van der Waals surface area (Å²) in [6, 6.07) is 3.84. The summed E-state index contributed by atoms with van der Waals surface area (Å²) in [5.74, 6) is 0.457. The lowest BCUT2D eigenvalue weighted by Gasteiger charge is -2.36. The number of esters is 2. The van der Waals surface area contributed by atoms with Crippen LogP contribution in [0.15, 0.2) is 24.3 Å². The number of carbonyl (C=O) groups is 2. The van der Waals surface area contributed by atoms with Gasteiger partial charge in [0.25, 0.3) is 0 Å². The van der Waals surface area contributed by atoms with Crippen molar-refractivity contribution < 1.29 is 23.8 Å². The molecule has 4 rings (SSSR count). The molecule has 1 aliphatic carbocycles. The van der Waals surface area contributed by atoms with E-state index in [2.05, 4.69) is 18.0 Å². The molecule has 3 atom stereocenters. The first-order valence-corrected chi connectivity index (χ1v) is 8.95. The summed E-state index contributed by atoms with van der Waals surface area (Å²) >= 11 is 0. The Morgan fingerprint density at radius 3 is 2.81 bits per heavy atom. The van der Waals surface area contributed by atoms with Gasteiger partial charge in [0, 0.05) is 32.4 Å². The van der Waals surface area contributed by atoms with Crippen LogP contribution >= 0.6 is 0 Å². The normalized spacial score (nSPS) is 29.2. The molecular weight excluding hydrogens is 334 g/mol. The van der Waals surface area contributed by atoms with Crippen molar-refractivity contribution in [3.8, 4) is 11.5 Å². The molecule has 2 heterocycles. The minimum absolute atomic E-state index is 0.145. The van der Waals surface area contributed by atoms with E-state index >= 15 is 0 Å². The van der Waals surface area contributed by atoms with Crippen LogP contribution in [0.3, 0.4) is 0 Å². The Bertz CT molecular complexity index is 802. The lowest BCUT2D eigenvalue weighted by molar-refractivity contribution is -0.145. The van der Waals surface area contributed by atoms with Crippen LogP contribution in [0.1, 0.15) is 37.8 Å². The van der Waals surface area contributed by atoms with Crippen molar-refractivity contribution in [1.29, 1.82) is 0 Å². The minimum atomic E-state index is -0.368. The van der Waals surface area contributed by atoms with Gasteiger partial charge >= 0.3 is 11.9 Å². The van der Waals surface area contributed by atoms with Gasteiger partial charge < -0.3 is 19.1 Å². The van der Waals surface area contributed by atoms with E-state index < -0.39 is 0 Å². The second kappa shape index (κ2) is 6.13. The first kappa shape index (κ1) is 17.1. The summed E-state index contributed by atoms with van der Waals surface area (Å²) in [5.41, 5.74) is 2.03. The first-order valence-electron chi connectivity index (χ1n) is 8.95. The summed E-state index contributed by atoms with van der Waals surface area (Å²) < 4.78 is 17.1. The van der Waals surface area contributed by atoms with Crippen molar-refractivity contribution in [2.24, 2.45) is 0 Å². The third-order valence-electron chi connectivity index (χ3n) is 5.48. The van der Waals surface area contributed by atoms with Gasteiger partial charge in [-0.3, -0.25) is 9.59 Å². The van der Waals surface area contributed by atoms with E-state index in [-0.39, 0.29) is 29.6 Å². The number of benzene rings is 1. The van der Waals surface area contributed by atoms with E-state index in [4.69, 9.17) is 14.2 Å². The Balaban J connectivity index is 1.81. The third-order valence-corrected chi connectivity index (χ3v) is 5.48. The van der Waals surface area contributed by atoms with E-state index in [1.54, 1.807) is 0 Å². The van der Waals surface area contributed by atoms with Gasteiger partial charge in [0.05, 0.1) is 5.41 Å². The summed E-state index contributed by atoms with van der Waals surface area (Å²) in [7, 11) is 2.11. The quantitative estimate of drug-likeness (QED) is 0.460. The fraction of sp³-hybridized carbons (Fsp3) is 0.500. The van der Waals surface area contributed by atoms with Gasteiger partial charge in [0.15, 0.2) is 11.5 Å². The Kier molecular flexibility index (Phi) is 4.03. The molecule has 0 fully saturated rings. The van der Waals surface area contributed by atoms with Gasteiger partial charge in [-0.25, -0.2) is 0 Å². The van der Waals surface area contributed by atoms with Crippen LogP contribution in [0.2, 0.25) is 0 Å². The van der Waals surface area contributed by atoms with Crippen LogP contribution in [-0.4, -0.2) is 42.6 Å². The maximum atomic E-state index is 11.5. The molecular formula is C20H23NO5. The molecule has 1 spiro atoms. The smallest absolute Gasteiger partial charge is 0.308 e. The maximum absolute atomic E-state index is 11.5. The van der Waals surface area contributed by atoms with E-state index in [0.29, 0.717) is 17.9 Å². The minimum Gasteiger partial charge on any atom is -0.485 e. The van der Waals surface area contributed by atoms with Crippen molar-refractivity contribution in [2.75, 3.05) is 13.6 Å². The van der Waals surface area contributed by atoms with Crippen LogP contribution in [0.5, 0.6) is 11.5 Å². The second-order valence-electron chi connectivity index (χ2n) is 7.40. The lowest BCUT2D eigenvalue weighted by Crippen LogP contribution is -2.43. The molecule has 0 saturated carbocycles. The Hall–Kier alpha value is -2.34. The predicted molar refractivity (Wildman–Crippen MR) is 94.1 cm³/mol. The van der Waals surface area contributed by atoms with Crippen molar-refractivity contribution in [2.45, 2.75) is 50.9 Å². The van der Waals surface area contributed by atoms with E-state index in [1.165, 1.54) is 19.4 Å². The highest BCUT2D eigenvalue weighted by molar-refractivity contribution is 5.72. The van der Waals surface area contributed by atoms with Crippen molar-refractivity contribution in [3.63, 3.8) is 0 Å². The molecule has 0 aromatic heterocycles.